The smallest absolute Gasteiger partial charge is 0.184 e. The number of benzene rings is 1. The predicted molar refractivity (Wildman–Crippen MR) is 72.1 cm³/mol. The molecule has 6 heteroatoms. The van der Waals surface area contributed by atoms with Crippen LogP contribution >= 0.6 is 11.6 Å². The van der Waals surface area contributed by atoms with Crippen LogP contribution in [0, 0.1) is 5.41 Å². The molecule has 0 aliphatic rings. The summed E-state index contributed by atoms with van der Waals surface area (Å²) >= 11 is 5.89. The molecule has 0 aliphatic heterocycles. The van der Waals surface area contributed by atoms with Crippen molar-refractivity contribution in [2.45, 2.75) is 27.3 Å². The minimum Gasteiger partial charge on any atom is -0.398 e. The van der Waals surface area contributed by atoms with Crippen molar-refractivity contribution in [2.75, 3.05) is 5.73 Å². The molecule has 1 aromatic carbocycles. The second kappa shape index (κ2) is 4.57. The lowest BCUT2D eigenvalue weighted by Crippen LogP contribution is -2.17. The summed E-state index contributed by atoms with van der Waals surface area (Å²) in [5, 5.41) is 12.4. The van der Waals surface area contributed by atoms with E-state index < -0.39 is 0 Å². The summed E-state index contributed by atoms with van der Waals surface area (Å²) < 4.78 is 1.76. The molecule has 2 aromatic rings. The highest BCUT2D eigenvalue weighted by molar-refractivity contribution is 6.31. The Morgan fingerprint density at radius 3 is 2.67 bits per heavy atom. The van der Waals surface area contributed by atoms with E-state index in [-0.39, 0.29) is 5.41 Å². The van der Waals surface area contributed by atoms with Gasteiger partial charge in [-0.3, -0.25) is 0 Å². The molecule has 0 saturated carbocycles. The van der Waals surface area contributed by atoms with Gasteiger partial charge in [0.25, 0.3) is 0 Å². The molecule has 18 heavy (non-hydrogen) atoms. The van der Waals surface area contributed by atoms with Gasteiger partial charge in [-0.2, -0.15) is 0 Å². The van der Waals surface area contributed by atoms with Crippen LogP contribution in [0.2, 0.25) is 5.02 Å². The molecule has 0 bridgehead atoms. The van der Waals surface area contributed by atoms with Gasteiger partial charge in [0.15, 0.2) is 5.82 Å². The zero-order chi connectivity index (χ0) is 13.3. The molecule has 0 unspecified atom stereocenters. The minimum absolute atomic E-state index is 0.0886. The molecule has 0 fully saturated rings. The first-order chi connectivity index (χ1) is 8.37. The van der Waals surface area contributed by atoms with E-state index in [4.69, 9.17) is 17.3 Å². The first kappa shape index (κ1) is 12.8. The van der Waals surface area contributed by atoms with Crippen LogP contribution in [0.4, 0.5) is 5.69 Å². The average Bonchev–Trinajstić information content (AvgIpc) is 2.63. The zero-order valence-corrected chi connectivity index (χ0v) is 11.4. The van der Waals surface area contributed by atoms with E-state index >= 15 is 0 Å². The highest BCUT2D eigenvalue weighted by Gasteiger charge is 2.18. The van der Waals surface area contributed by atoms with Gasteiger partial charge >= 0.3 is 0 Å². The van der Waals surface area contributed by atoms with Crippen molar-refractivity contribution in [3.05, 3.63) is 23.2 Å². The molecular formula is C12H16ClN5. The number of anilines is 1. The molecule has 96 valence electrons. The van der Waals surface area contributed by atoms with Gasteiger partial charge in [0.05, 0.1) is 0 Å². The number of aromatic nitrogens is 4. The van der Waals surface area contributed by atoms with Crippen molar-refractivity contribution in [1.82, 2.24) is 20.2 Å². The Morgan fingerprint density at radius 2 is 2.06 bits per heavy atom. The van der Waals surface area contributed by atoms with Gasteiger partial charge < -0.3 is 5.73 Å². The summed E-state index contributed by atoms with van der Waals surface area (Å²) in [6.07, 6.45) is 0. The van der Waals surface area contributed by atoms with Crippen LogP contribution in [0.1, 0.15) is 20.8 Å². The van der Waals surface area contributed by atoms with Crippen molar-refractivity contribution in [3.8, 4) is 11.4 Å². The molecule has 5 nitrogen and oxygen atoms in total. The van der Waals surface area contributed by atoms with Crippen LogP contribution in [0.5, 0.6) is 0 Å². The van der Waals surface area contributed by atoms with Crippen LogP contribution in [-0.4, -0.2) is 20.2 Å². The Balaban J connectivity index is 2.42. The largest absolute Gasteiger partial charge is 0.398 e. The Bertz CT molecular complexity index is 556. The Morgan fingerprint density at radius 1 is 1.33 bits per heavy atom. The Kier molecular flexibility index (Phi) is 3.26. The molecule has 0 radical (unpaired) electrons. The number of nitrogen functional groups attached to an aromatic ring is 1. The maximum Gasteiger partial charge on any atom is 0.184 e. The van der Waals surface area contributed by atoms with Gasteiger partial charge in [-0.25, -0.2) is 4.68 Å². The van der Waals surface area contributed by atoms with E-state index in [0.717, 1.165) is 12.1 Å². The zero-order valence-electron chi connectivity index (χ0n) is 10.7. The number of rotatable bonds is 2. The third-order valence-corrected chi connectivity index (χ3v) is 2.65. The van der Waals surface area contributed by atoms with Crippen molar-refractivity contribution in [3.63, 3.8) is 0 Å². The van der Waals surface area contributed by atoms with Crippen molar-refractivity contribution in [1.29, 1.82) is 0 Å². The normalized spacial score (nSPS) is 11.8. The van der Waals surface area contributed by atoms with Crippen molar-refractivity contribution in [2.24, 2.45) is 5.41 Å². The quantitative estimate of drug-likeness (QED) is 0.848. The maximum absolute atomic E-state index is 5.95. The SMILES string of the molecule is CC(C)(C)Cn1nnnc1-c1ccc(Cl)cc1N. The monoisotopic (exact) mass is 265 g/mol. The van der Waals surface area contributed by atoms with Gasteiger partial charge in [-0.1, -0.05) is 32.4 Å². The van der Waals surface area contributed by atoms with Gasteiger partial charge in [-0.15, -0.1) is 5.10 Å². The fourth-order valence-electron chi connectivity index (χ4n) is 1.69. The molecular weight excluding hydrogens is 250 g/mol. The second-order valence-corrected chi connectivity index (χ2v) is 5.89. The van der Waals surface area contributed by atoms with E-state index in [1.54, 1.807) is 16.8 Å². The molecule has 0 saturated heterocycles. The van der Waals surface area contributed by atoms with Crippen LogP contribution in [0.3, 0.4) is 0 Å². The first-order valence-corrected chi connectivity index (χ1v) is 6.06. The predicted octanol–water partition coefficient (Wildman–Crippen LogP) is 2.62. The fraction of sp³-hybridized carbons (Fsp3) is 0.417. The molecule has 1 aromatic heterocycles. The lowest BCUT2D eigenvalue weighted by atomic mass is 9.97. The summed E-state index contributed by atoms with van der Waals surface area (Å²) in [5.74, 6) is 0.666. The summed E-state index contributed by atoms with van der Waals surface area (Å²) in [6.45, 7) is 7.11. The van der Waals surface area contributed by atoms with E-state index in [1.807, 2.05) is 6.07 Å². The Hall–Kier alpha value is -1.62. The number of nitrogens with two attached hydrogens (primary N) is 1. The number of nitrogens with zero attached hydrogens (tertiary/aromatic N) is 4. The molecule has 0 spiro atoms. The third-order valence-electron chi connectivity index (χ3n) is 2.41. The van der Waals surface area contributed by atoms with Crippen LogP contribution < -0.4 is 5.73 Å². The standard InChI is InChI=1S/C12H16ClN5/c1-12(2,3)7-18-11(15-16-17-18)9-5-4-8(13)6-10(9)14/h4-6H,7,14H2,1-3H3. The molecule has 1 heterocycles. The summed E-state index contributed by atoms with van der Waals surface area (Å²) in [7, 11) is 0. The fourth-order valence-corrected chi connectivity index (χ4v) is 1.87. The summed E-state index contributed by atoms with van der Waals surface area (Å²) in [6, 6.07) is 5.32. The van der Waals surface area contributed by atoms with Gasteiger partial charge in [0, 0.05) is 22.8 Å². The number of hydrogen-bond donors (Lipinski definition) is 1. The van der Waals surface area contributed by atoms with E-state index in [9.17, 15) is 0 Å². The molecule has 0 atom stereocenters. The van der Waals surface area contributed by atoms with Crippen LogP contribution in [-0.2, 0) is 6.54 Å². The van der Waals surface area contributed by atoms with Crippen molar-refractivity contribution >= 4 is 17.3 Å². The first-order valence-electron chi connectivity index (χ1n) is 5.68. The number of hydrogen-bond acceptors (Lipinski definition) is 4. The minimum atomic E-state index is 0.0886. The molecule has 0 aliphatic carbocycles. The Labute approximate surface area is 111 Å². The topological polar surface area (TPSA) is 69.6 Å². The van der Waals surface area contributed by atoms with Gasteiger partial charge in [0.2, 0.25) is 0 Å². The maximum atomic E-state index is 5.95. The van der Waals surface area contributed by atoms with Crippen molar-refractivity contribution < 1.29 is 0 Å². The summed E-state index contributed by atoms with van der Waals surface area (Å²) in [5.41, 5.74) is 7.42. The highest BCUT2D eigenvalue weighted by Crippen LogP contribution is 2.27. The molecule has 2 rings (SSSR count). The molecule has 0 amide bonds. The van der Waals surface area contributed by atoms with E-state index in [2.05, 4.69) is 36.3 Å². The van der Waals surface area contributed by atoms with E-state index in [1.165, 1.54) is 0 Å². The third kappa shape index (κ3) is 2.79. The van der Waals surface area contributed by atoms with Crippen LogP contribution in [0.15, 0.2) is 18.2 Å². The average molecular weight is 266 g/mol. The summed E-state index contributed by atoms with van der Waals surface area (Å²) in [4.78, 5) is 0. The second-order valence-electron chi connectivity index (χ2n) is 5.45. The van der Waals surface area contributed by atoms with Gasteiger partial charge in [0.1, 0.15) is 0 Å². The van der Waals surface area contributed by atoms with Crippen LogP contribution in [0.25, 0.3) is 11.4 Å². The lowest BCUT2D eigenvalue weighted by Gasteiger charge is -2.18. The number of halogens is 1. The van der Waals surface area contributed by atoms with E-state index in [0.29, 0.717) is 16.5 Å². The number of tetrazole rings is 1. The lowest BCUT2D eigenvalue weighted by molar-refractivity contribution is 0.323. The highest BCUT2D eigenvalue weighted by atomic mass is 35.5. The van der Waals surface area contributed by atoms with Gasteiger partial charge in [-0.05, 0) is 34.0 Å². The molecule has 2 N–H and O–H groups in total.